The van der Waals surface area contributed by atoms with Crippen molar-refractivity contribution >= 4 is 36.2 Å². The van der Waals surface area contributed by atoms with Gasteiger partial charge < -0.3 is 109 Å². The van der Waals surface area contributed by atoms with Gasteiger partial charge in [0.1, 0.15) is 35.1 Å². The van der Waals surface area contributed by atoms with Gasteiger partial charge in [-0.05, 0) is 198 Å². The number of aliphatic hydroxyl groups is 8. The Bertz CT molecular complexity index is 4410. The molecule has 13 aliphatic rings. The quantitative estimate of drug-likeness (QED) is 0.0325. The van der Waals surface area contributed by atoms with E-state index in [4.69, 9.17) is 52.1 Å². The summed E-state index contributed by atoms with van der Waals surface area (Å²) in [7, 11) is 0. The minimum atomic E-state index is -1.67. The first-order valence-electron chi connectivity index (χ1n) is 52.0. The summed E-state index contributed by atoms with van der Waals surface area (Å²) in [5.41, 5.74) is -5.54. The first kappa shape index (κ1) is 121. The molecule has 28 nitrogen and oxygen atoms in total. The lowest BCUT2D eigenvalue weighted by Crippen LogP contribution is -2.77. The summed E-state index contributed by atoms with van der Waals surface area (Å²) in [5, 5.41) is 106. The number of carbonyl (C=O) groups excluding carboxylic acids is 6. The van der Waals surface area contributed by atoms with Gasteiger partial charge in [-0.15, -0.1) is 0 Å². The number of esters is 3. The third kappa shape index (κ3) is 20.8. The van der Waals surface area contributed by atoms with E-state index >= 15 is 0 Å². The van der Waals surface area contributed by atoms with Crippen molar-refractivity contribution in [3.63, 3.8) is 0 Å². The maximum atomic E-state index is 13.9. The van der Waals surface area contributed by atoms with Gasteiger partial charge in [0.15, 0.2) is 18.5 Å². The Balaban J connectivity index is 0.000000256. The Hall–Kier alpha value is -5.34. The van der Waals surface area contributed by atoms with Crippen LogP contribution in [0.5, 0.6) is 0 Å². The lowest BCUT2D eigenvalue weighted by atomic mass is 9.38. The number of fused-ring (bicyclic) bond motifs is 14. The second kappa shape index (κ2) is 41.5. The fourth-order valence-corrected chi connectivity index (χ4v) is 31.2. The van der Waals surface area contributed by atoms with E-state index in [1.54, 1.807) is 54.5 Å². The number of nitrogens with one attached hydrogen (secondary N) is 3. The number of ether oxygens (including phenoxy) is 11. The van der Waals surface area contributed by atoms with Gasteiger partial charge >= 0.3 is 36.2 Å². The van der Waals surface area contributed by atoms with Gasteiger partial charge in [0, 0.05) is 105 Å². The van der Waals surface area contributed by atoms with Crippen molar-refractivity contribution in [3.8, 4) is 0 Å². The highest BCUT2D eigenvalue weighted by Gasteiger charge is 2.78. The molecular formula is C113H195N3O25. The van der Waals surface area contributed by atoms with E-state index < -0.39 is 193 Å². The molecule has 0 spiro atoms. The highest BCUT2D eigenvalue weighted by Crippen LogP contribution is 2.74. The molecule has 0 aromatic carbocycles. The Labute approximate surface area is 847 Å². The predicted molar refractivity (Wildman–Crippen MR) is 545 cm³/mol. The number of hydrogen-bond acceptors (Lipinski definition) is 25. The fourth-order valence-electron chi connectivity index (χ4n) is 31.2. The Morgan fingerprint density at radius 1 is 0.426 bits per heavy atom. The van der Waals surface area contributed by atoms with Crippen molar-refractivity contribution in [2.75, 3.05) is 19.8 Å². The second-order valence-electron chi connectivity index (χ2n) is 52.6. The maximum Gasteiger partial charge on any atom is 0.407 e. The summed E-state index contributed by atoms with van der Waals surface area (Å²) in [4.78, 5) is 79.3. The largest absolute Gasteiger partial charge is 0.457 e. The number of amides is 3. The van der Waals surface area contributed by atoms with Crippen molar-refractivity contribution < 1.29 is 122 Å². The molecule has 6 saturated carbocycles. The maximum absolute atomic E-state index is 13.9. The van der Waals surface area contributed by atoms with Crippen LogP contribution in [0, 0.1) is 132 Å². The number of hydrogen-bond donors (Lipinski definition) is 11. The van der Waals surface area contributed by atoms with E-state index in [1.165, 1.54) is 0 Å². The average Bonchev–Trinajstić information content (AvgIpc) is 0.676. The lowest BCUT2D eigenvalue weighted by molar-refractivity contribution is -0.383. The van der Waals surface area contributed by atoms with E-state index in [0.717, 1.165) is 40.7 Å². The predicted octanol–water partition coefficient (Wildman–Crippen LogP) is 18.4. The molecule has 11 N–H and O–H groups in total. The minimum absolute atomic E-state index is 0. The summed E-state index contributed by atoms with van der Waals surface area (Å²) >= 11 is 0. The fraction of sp³-hybridized carbons (Fsp3) is 0.876. The van der Waals surface area contributed by atoms with Gasteiger partial charge in [0.25, 0.3) is 0 Å². The lowest BCUT2D eigenvalue weighted by Gasteiger charge is -2.72. The normalized spacial score (nSPS) is 41.6. The molecule has 0 radical (unpaired) electrons. The van der Waals surface area contributed by atoms with Gasteiger partial charge in [-0.25, -0.2) is 24.0 Å². The average molecular weight is 2000 g/mol. The molecule has 37 atom stereocenters. The highest BCUT2D eigenvalue weighted by atomic mass is 16.7. The van der Waals surface area contributed by atoms with Crippen LogP contribution in [0.4, 0.5) is 14.4 Å². The van der Waals surface area contributed by atoms with Crippen molar-refractivity contribution in [1.29, 1.82) is 0 Å². The molecule has 10 fully saturated rings. The van der Waals surface area contributed by atoms with Crippen molar-refractivity contribution in [2.45, 2.75) is 481 Å². The molecule has 4 heterocycles. The molecule has 0 aromatic rings. The zero-order valence-electron chi connectivity index (χ0n) is 91.2. The molecule has 2 unspecified atom stereocenters. The van der Waals surface area contributed by atoms with Crippen LogP contribution in [0.15, 0.2) is 46.1 Å². The molecule has 13 rings (SSSR count). The zero-order chi connectivity index (χ0) is 104. The van der Waals surface area contributed by atoms with Crippen LogP contribution in [0.2, 0.25) is 0 Å². The number of aliphatic hydroxyl groups excluding tert-OH is 5. The summed E-state index contributed by atoms with van der Waals surface area (Å²) in [6.45, 7) is 81.2. The SMILES string of the molecule is C.C.C.C=CC1O[C@H]2C[C@H]3OC[C@@]3(C)[C@H]3[C@H](C)[C@]4(O)C[C@H](OC(=O)[C@H](O)[C@H](CC(C)C)NC(=O)OC(C)(C)C)C(C)=C([C@H](C)[C@H](O1)[C@]23C)C4(C)C.CC1=C2[C@H](C)[C@H](O)[C@@]3(C)[C@H]([C@H](C)[C@](O)(C[C@@H]1OC(=O)C(C)[C@H](CC(C)C)NC(=O)OC(C)(C)C)C2(C)C)[C@]1(C)CO[C@@H]1C[C@@H]3C.CC1=C2[C@H](C)[C@H](O)[C@@]3(C)[C@H]([C@H](C)[C@](O)(C[C@@H]1OC(=O)[C@H](O)[C@H](CC(C)C)NC(=O)OC(C)(C)C)C2(C)C)[C@]1(C)CO[C@@H]1C[C@@H]3O. The molecule has 3 amide bonds. The molecule has 812 valence electrons. The number of carbonyl (C=O) groups is 6. The summed E-state index contributed by atoms with van der Waals surface area (Å²) < 4.78 is 66.4. The summed E-state index contributed by atoms with van der Waals surface area (Å²) in [6.07, 6.45) is -5.65. The van der Waals surface area contributed by atoms with E-state index in [9.17, 15) is 69.6 Å². The molecule has 28 heteroatoms. The van der Waals surface area contributed by atoms with Gasteiger partial charge in [-0.1, -0.05) is 219 Å². The monoisotopic (exact) mass is 1990 g/mol. The topological polar surface area (TPSA) is 402 Å². The second-order valence-corrected chi connectivity index (χ2v) is 52.6. The number of alkyl carbamates (subject to hydrolysis) is 3. The molecule has 141 heavy (non-hydrogen) atoms. The van der Waals surface area contributed by atoms with Crippen LogP contribution in [-0.4, -0.2) is 234 Å². The van der Waals surface area contributed by atoms with Crippen LogP contribution in [0.1, 0.15) is 343 Å². The van der Waals surface area contributed by atoms with Crippen molar-refractivity contribution in [3.05, 3.63) is 46.1 Å². The smallest absolute Gasteiger partial charge is 0.407 e. The van der Waals surface area contributed by atoms with E-state index in [1.807, 2.05) is 104 Å². The molecule has 9 aliphatic carbocycles. The number of rotatable bonds is 19. The van der Waals surface area contributed by atoms with Gasteiger partial charge in [0.2, 0.25) is 0 Å². The summed E-state index contributed by atoms with van der Waals surface area (Å²) in [5.74, 6) is -4.42. The van der Waals surface area contributed by atoms with E-state index in [-0.39, 0.29) is 153 Å². The third-order valence-corrected chi connectivity index (χ3v) is 38.0. The third-order valence-electron chi connectivity index (χ3n) is 38.0. The van der Waals surface area contributed by atoms with Crippen LogP contribution in [-0.2, 0) is 66.5 Å². The van der Waals surface area contributed by atoms with Gasteiger partial charge in [-0.2, -0.15) is 0 Å². The van der Waals surface area contributed by atoms with Gasteiger partial charge in [0.05, 0.1) is 103 Å². The highest BCUT2D eigenvalue weighted by molar-refractivity contribution is 5.79. The first-order valence-corrected chi connectivity index (χ1v) is 52.0. The Morgan fingerprint density at radius 3 is 1.05 bits per heavy atom. The van der Waals surface area contributed by atoms with Crippen molar-refractivity contribution in [1.82, 2.24) is 16.0 Å². The van der Waals surface area contributed by atoms with Crippen molar-refractivity contribution in [2.24, 2.45) is 132 Å². The summed E-state index contributed by atoms with van der Waals surface area (Å²) in [6, 6.07) is -2.35. The Kier molecular flexibility index (Phi) is 35.6. The molecule has 4 saturated heterocycles. The molecule has 4 aliphatic heterocycles. The van der Waals surface area contributed by atoms with E-state index in [0.29, 0.717) is 51.1 Å². The minimum Gasteiger partial charge on any atom is -0.457 e. The standard InChI is InChI=1S/C38H61NO9.C37H63NO7.C35H59NO9.3CH4/c1-14-27-46-26-16-25-36(12,18-44-25)30-22(6)38(43)17-24(20(4)28(35(38,10)11)21(5)31(47-27)37(26,30)13)45-32(41)29(40)23(15-19(2)3)39-33(42)48-34(7,8)9;1-19(2)15-25(38-32(41)45-33(8,9)10)21(4)31(40)44-26-17-37(42)24(7)29-35(13)18-43-27(35)16-20(3)36(29,14)30(39)23(6)28(22(26)5)34(37,11)12;1-17(2)13-21(36-30(41)45-31(6,7)8)26(38)29(40)44-22-15-35(42)20(5)27-33(11)16-43-24(33)14-23(37)34(27,12)28(39)19(4)25(18(22)3)32(35,9)10;;;/h14,19,21-27,29-31,40,43H,1,15-18H2,2-13H3,(H,39,42);19-21,23-27,29-30,39,42H,15-18H2,1-14H3,(H,38,41);17,19-24,26-28,37-39,42H,13-16H2,1-12H3,(H,36,41);3*1H4/t21-,22-,23-,24-,25+,26-,27?,29+,30+,31-,36+,37+,38+;20-,21?,23-,24-,25-,26-,27+,29+,30-,35+,36+,37+;19-,20-,21-,22-,23-,24+,26+,27+,28-,33+,34+,35+;;;/m000.../s1. The molecular weight excluding hydrogens is 1800 g/mol. The Morgan fingerprint density at radius 2 is 0.723 bits per heavy atom. The molecule has 0 aromatic heterocycles. The zero-order valence-corrected chi connectivity index (χ0v) is 91.2. The van der Waals surface area contributed by atoms with Crippen LogP contribution in [0.25, 0.3) is 0 Å². The first-order chi connectivity index (χ1) is 62.9. The molecule has 6 bridgehead atoms. The van der Waals surface area contributed by atoms with Crippen LogP contribution >= 0.6 is 0 Å². The van der Waals surface area contributed by atoms with Gasteiger partial charge in [-0.3, -0.25) is 4.79 Å². The van der Waals surface area contributed by atoms with E-state index in [2.05, 4.69) is 133 Å². The van der Waals surface area contributed by atoms with Crippen LogP contribution < -0.4 is 16.0 Å². The van der Waals surface area contributed by atoms with Crippen LogP contribution in [0.3, 0.4) is 0 Å².